The Morgan fingerprint density at radius 3 is 2.34 bits per heavy atom. The first-order chi connectivity index (χ1) is 28.0. The van der Waals surface area contributed by atoms with E-state index in [1.807, 2.05) is 6.07 Å². The van der Waals surface area contributed by atoms with Crippen LogP contribution in [0.15, 0.2) is 59.4 Å². The van der Waals surface area contributed by atoms with Crippen LogP contribution in [-0.4, -0.2) is 87.8 Å². The number of benzene rings is 3. The predicted octanol–water partition coefficient (Wildman–Crippen LogP) is 6.35. The number of halogens is 4. The zero-order valence-corrected chi connectivity index (χ0v) is 33.0. The smallest absolute Gasteiger partial charge is 0.370 e. The first-order valence-corrected chi connectivity index (χ1v) is 19.5. The predicted molar refractivity (Wildman–Crippen MR) is 214 cm³/mol. The number of piperidine rings is 2. The van der Waals surface area contributed by atoms with E-state index in [2.05, 4.69) is 15.2 Å². The van der Waals surface area contributed by atoms with Crippen LogP contribution >= 0.6 is 0 Å². The van der Waals surface area contributed by atoms with Crippen molar-refractivity contribution in [2.45, 2.75) is 57.2 Å². The molecule has 0 saturated carbocycles. The first-order valence-electron chi connectivity index (χ1n) is 19.5. The standard InChI is InChI=1S/C43H43F4N7O5/c1-23(55)53-16-6-7-26(22-53)28-20-29(30-21-32(41(58)50(2)3)48-38(30)37(28)44)27-11-10-25(19-31(27)43(45,46)47)24-14-17-52(18-15-24)33-8-5-9-34-39(33)51(4)42(59)54(34)35-12-13-36(56)49-40(35)57/h5,7-11,19-21,24,35,48H,6,12-18,22H2,1-4H3,(H,49,56,57). The molecule has 59 heavy (non-hydrogen) atoms. The van der Waals surface area contributed by atoms with E-state index >= 15 is 17.6 Å². The molecule has 4 amide bonds. The Bertz CT molecular complexity index is 2660. The highest BCUT2D eigenvalue weighted by Gasteiger charge is 2.37. The van der Waals surface area contributed by atoms with Crippen molar-refractivity contribution >= 4 is 56.8 Å². The van der Waals surface area contributed by atoms with Crippen molar-refractivity contribution in [3.8, 4) is 11.1 Å². The molecule has 16 heteroatoms. The van der Waals surface area contributed by atoms with Crippen LogP contribution in [0.4, 0.5) is 23.2 Å². The third-order valence-corrected chi connectivity index (χ3v) is 12.0. The Hall–Kier alpha value is -6.19. The summed E-state index contributed by atoms with van der Waals surface area (Å²) >= 11 is 0. The highest BCUT2D eigenvalue weighted by molar-refractivity contribution is 6.05. The van der Waals surface area contributed by atoms with Crippen molar-refractivity contribution < 1.29 is 36.7 Å². The molecule has 5 aromatic rings. The van der Waals surface area contributed by atoms with Crippen LogP contribution in [0.5, 0.6) is 0 Å². The average molecular weight is 814 g/mol. The number of anilines is 1. The van der Waals surface area contributed by atoms with Crippen LogP contribution in [-0.2, 0) is 27.6 Å². The number of aryl methyl sites for hydroxylation is 1. The van der Waals surface area contributed by atoms with Gasteiger partial charge < -0.3 is 19.7 Å². The van der Waals surface area contributed by atoms with E-state index in [0.29, 0.717) is 61.1 Å². The van der Waals surface area contributed by atoms with Gasteiger partial charge in [-0.2, -0.15) is 13.2 Å². The number of para-hydroxylation sites is 1. The topological polar surface area (TPSA) is 133 Å². The van der Waals surface area contributed by atoms with Gasteiger partial charge in [0.1, 0.15) is 11.7 Å². The molecule has 0 bridgehead atoms. The molecule has 1 unspecified atom stereocenters. The van der Waals surface area contributed by atoms with Gasteiger partial charge in [0.2, 0.25) is 17.7 Å². The molecule has 308 valence electrons. The van der Waals surface area contributed by atoms with E-state index in [9.17, 15) is 24.0 Å². The van der Waals surface area contributed by atoms with Crippen molar-refractivity contribution in [1.29, 1.82) is 0 Å². The molecule has 3 aliphatic heterocycles. The van der Waals surface area contributed by atoms with Crippen molar-refractivity contribution in [3.63, 3.8) is 0 Å². The zero-order chi connectivity index (χ0) is 42.1. The van der Waals surface area contributed by atoms with Gasteiger partial charge in [0, 0.05) is 71.6 Å². The summed E-state index contributed by atoms with van der Waals surface area (Å²) in [4.78, 5) is 71.1. The number of carbonyl (C=O) groups is 4. The Morgan fingerprint density at radius 2 is 1.66 bits per heavy atom. The van der Waals surface area contributed by atoms with E-state index in [1.165, 1.54) is 59.3 Å². The third kappa shape index (κ3) is 6.97. The Labute approximate surface area is 336 Å². The molecule has 3 aliphatic rings. The lowest BCUT2D eigenvalue weighted by Gasteiger charge is -2.34. The number of rotatable bonds is 6. The number of hydrogen-bond acceptors (Lipinski definition) is 6. The van der Waals surface area contributed by atoms with Gasteiger partial charge >= 0.3 is 11.9 Å². The molecule has 2 aromatic heterocycles. The lowest BCUT2D eigenvalue weighted by molar-refractivity contribution is -0.137. The fourth-order valence-electron chi connectivity index (χ4n) is 8.92. The lowest BCUT2D eigenvalue weighted by atomic mass is 9.85. The maximum absolute atomic E-state index is 16.4. The van der Waals surface area contributed by atoms with Gasteiger partial charge in [0.15, 0.2) is 5.82 Å². The SMILES string of the molecule is CC(=O)N1CCC=C(c2cc(-c3ccc(C4CCN(c5cccc6c5n(C)c(=O)n6C5CCC(=O)NC5=O)CC4)cc3C(F)(F)F)c3cc(C(=O)N(C)C)[nH]c3c2F)C1. The van der Waals surface area contributed by atoms with Gasteiger partial charge in [-0.3, -0.25) is 33.6 Å². The van der Waals surface area contributed by atoms with Crippen molar-refractivity contribution in [2.24, 2.45) is 7.05 Å². The van der Waals surface area contributed by atoms with Gasteiger partial charge in [-0.25, -0.2) is 9.18 Å². The summed E-state index contributed by atoms with van der Waals surface area (Å²) in [6.45, 7) is 2.88. The molecule has 12 nitrogen and oxygen atoms in total. The van der Waals surface area contributed by atoms with Crippen LogP contribution in [0.3, 0.4) is 0 Å². The van der Waals surface area contributed by atoms with Crippen molar-refractivity contribution in [3.05, 3.63) is 93.3 Å². The number of H-pyrrole nitrogens is 1. The van der Waals surface area contributed by atoms with Crippen LogP contribution in [0.1, 0.15) is 78.2 Å². The molecular weight excluding hydrogens is 771 g/mol. The maximum Gasteiger partial charge on any atom is 0.417 e. The van der Waals surface area contributed by atoms with E-state index in [4.69, 9.17) is 0 Å². The second-order valence-electron chi connectivity index (χ2n) is 15.8. The van der Waals surface area contributed by atoms with Crippen molar-refractivity contribution in [2.75, 3.05) is 45.2 Å². The molecule has 0 radical (unpaired) electrons. The normalized spacial score (nSPS) is 18.1. The van der Waals surface area contributed by atoms with E-state index < -0.39 is 41.1 Å². The van der Waals surface area contributed by atoms with Crippen LogP contribution in [0.2, 0.25) is 0 Å². The van der Waals surface area contributed by atoms with Gasteiger partial charge in [0.05, 0.1) is 27.8 Å². The number of carbonyl (C=O) groups excluding carboxylic acids is 4. The lowest BCUT2D eigenvalue weighted by Crippen LogP contribution is -2.44. The summed E-state index contributed by atoms with van der Waals surface area (Å²) in [5.41, 5.74) is 1.50. The largest absolute Gasteiger partial charge is 0.417 e. The molecule has 2 saturated heterocycles. The number of imidazole rings is 1. The minimum atomic E-state index is -4.79. The number of fused-ring (bicyclic) bond motifs is 2. The highest BCUT2D eigenvalue weighted by atomic mass is 19.4. The second-order valence-corrected chi connectivity index (χ2v) is 15.8. The number of aromatic nitrogens is 3. The van der Waals surface area contributed by atoms with Crippen LogP contribution in [0, 0.1) is 5.82 Å². The summed E-state index contributed by atoms with van der Waals surface area (Å²) in [6, 6.07) is 11.7. The molecule has 2 fully saturated rings. The summed E-state index contributed by atoms with van der Waals surface area (Å²) in [5.74, 6) is -2.55. The van der Waals surface area contributed by atoms with E-state index in [0.717, 1.165) is 5.69 Å². The Morgan fingerprint density at radius 1 is 0.915 bits per heavy atom. The minimum Gasteiger partial charge on any atom is -0.370 e. The molecular formula is C43H43F4N7O5. The molecule has 1 atom stereocenters. The Kier molecular flexibility index (Phi) is 9.99. The molecule has 3 aromatic carbocycles. The minimum absolute atomic E-state index is 0.0190. The molecule has 5 heterocycles. The first kappa shape index (κ1) is 39.6. The van der Waals surface area contributed by atoms with Crippen LogP contribution < -0.4 is 15.9 Å². The molecule has 2 N–H and O–H groups in total. The summed E-state index contributed by atoms with van der Waals surface area (Å²) in [6.07, 6.45) is -1.23. The van der Waals surface area contributed by atoms with Gasteiger partial charge in [-0.1, -0.05) is 24.3 Å². The van der Waals surface area contributed by atoms with Gasteiger partial charge in [-0.15, -0.1) is 0 Å². The molecule has 0 spiro atoms. The second kappa shape index (κ2) is 14.9. The number of nitrogens with zero attached hydrogens (tertiary/aromatic N) is 5. The quantitative estimate of drug-likeness (QED) is 0.152. The summed E-state index contributed by atoms with van der Waals surface area (Å²) in [5, 5.41) is 2.44. The van der Waals surface area contributed by atoms with Crippen LogP contribution in [0.25, 0.3) is 38.6 Å². The molecule has 0 aliphatic carbocycles. The maximum atomic E-state index is 16.4. The van der Waals surface area contributed by atoms with Crippen molar-refractivity contribution in [1.82, 2.24) is 29.2 Å². The fraction of sp³-hybridized carbons (Fsp3) is 0.372. The van der Waals surface area contributed by atoms with E-state index in [1.54, 1.807) is 36.2 Å². The Balaban J connectivity index is 1.14. The molecule has 8 rings (SSSR count). The third-order valence-electron chi connectivity index (χ3n) is 12.0. The number of nitrogens with one attached hydrogen (secondary N) is 2. The van der Waals surface area contributed by atoms with Gasteiger partial charge in [-0.05, 0) is 84.2 Å². The fourth-order valence-corrected chi connectivity index (χ4v) is 8.92. The number of alkyl halides is 3. The van der Waals surface area contributed by atoms with Gasteiger partial charge in [0.25, 0.3) is 5.91 Å². The average Bonchev–Trinajstić information content (AvgIpc) is 3.77. The number of hydrogen-bond donors (Lipinski definition) is 2. The number of imide groups is 1. The number of aromatic amines is 1. The summed E-state index contributed by atoms with van der Waals surface area (Å²) in [7, 11) is 4.67. The summed E-state index contributed by atoms with van der Waals surface area (Å²) < 4.78 is 64.9. The zero-order valence-electron chi connectivity index (χ0n) is 33.0. The monoisotopic (exact) mass is 813 g/mol. The van der Waals surface area contributed by atoms with E-state index in [-0.39, 0.29) is 70.4 Å². The number of amides is 4. The highest BCUT2D eigenvalue weighted by Crippen LogP contribution is 2.45.